The largest absolute Gasteiger partial charge is 0.497 e. The van der Waals surface area contributed by atoms with Crippen molar-refractivity contribution in [3.05, 3.63) is 59.7 Å². The Balaban J connectivity index is 1.60. The average molecular weight is 430 g/mol. The molecule has 32 heavy (non-hydrogen) atoms. The number of nitrogens with one attached hydrogen (secondary N) is 1. The SMILES string of the molecule is COc1ccc(Cn2c(N)c(C(=O)NC3CCCCC3)c3nc4ccccc4nc32)cc1. The molecule has 3 N–H and O–H groups in total. The van der Waals surface area contributed by atoms with Gasteiger partial charge in [0, 0.05) is 6.04 Å². The fourth-order valence-electron chi connectivity index (χ4n) is 4.52. The molecule has 0 unspecified atom stereocenters. The van der Waals surface area contributed by atoms with Gasteiger partial charge in [0.1, 0.15) is 22.6 Å². The summed E-state index contributed by atoms with van der Waals surface area (Å²) in [5, 5.41) is 3.19. The Labute approximate surface area is 186 Å². The lowest BCUT2D eigenvalue weighted by atomic mass is 9.95. The van der Waals surface area contributed by atoms with Gasteiger partial charge in [-0.15, -0.1) is 0 Å². The second-order valence-electron chi connectivity index (χ2n) is 8.39. The molecule has 164 valence electrons. The second kappa shape index (κ2) is 8.49. The molecule has 7 nitrogen and oxygen atoms in total. The molecule has 0 aliphatic heterocycles. The quantitative estimate of drug-likeness (QED) is 0.494. The lowest BCUT2D eigenvalue weighted by Crippen LogP contribution is -2.36. The summed E-state index contributed by atoms with van der Waals surface area (Å²) in [6.07, 6.45) is 5.52. The van der Waals surface area contributed by atoms with E-state index in [1.165, 1.54) is 6.42 Å². The van der Waals surface area contributed by atoms with Gasteiger partial charge >= 0.3 is 0 Å². The van der Waals surface area contributed by atoms with Crippen LogP contribution in [-0.4, -0.2) is 33.6 Å². The number of anilines is 1. The van der Waals surface area contributed by atoms with Gasteiger partial charge in [0.2, 0.25) is 0 Å². The number of hydrogen-bond donors (Lipinski definition) is 2. The van der Waals surface area contributed by atoms with E-state index >= 15 is 0 Å². The number of para-hydroxylation sites is 2. The number of benzene rings is 2. The molecule has 7 heteroatoms. The third kappa shape index (κ3) is 3.75. The maximum absolute atomic E-state index is 13.3. The summed E-state index contributed by atoms with van der Waals surface area (Å²) in [7, 11) is 1.64. The van der Waals surface area contributed by atoms with Crippen LogP contribution in [0.25, 0.3) is 22.2 Å². The van der Waals surface area contributed by atoms with Crippen molar-refractivity contribution >= 4 is 33.9 Å². The molecule has 5 rings (SSSR count). The van der Waals surface area contributed by atoms with Crippen molar-refractivity contribution in [2.24, 2.45) is 0 Å². The summed E-state index contributed by atoms with van der Waals surface area (Å²) in [6, 6.07) is 15.7. The number of ether oxygens (including phenoxy) is 1. The molecule has 2 heterocycles. The van der Waals surface area contributed by atoms with Crippen LogP contribution in [0.4, 0.5) is 5.82 Å². The second-order valence-corrected chi connectivity index (χ2v) is 8.39. The molecule has 1 aliphatic rings. The van der Waals surface area contributed by atoms with Crippen LogP contribution in [0, 0.1) is 0 Å². The Morgan fingerprint density at radius 3 is 2.44 bits per heavy atom. The Hall–Kier alpha value is -3.61. The minimum atomic E-state index is -0.169. The van der Waals surface area contributed by atoms with Crippen LogP contribution in [-0.2, 0) is 6.54 Å². The Morgan fingerprint density at radius 2 is 1.75 bits per heavy atom. The number of rotatable bonds is 5. The number of methoxy groups -OCH3 is 1. The van der Waals surface area contributed by atoms with Crippen molar-refractivity contribution in [1.82, 2.24) is 19.9 Å². The van der Waals surface area contributed by atoms with E-state index in [4.69, 9.17) is 20.4 Å². The number of nitrogen functional groups attached to an aromatic ring is 1. The highest BCUT2D eigenvalue weighted by atomic mass is 16.5. The van der Waals surface area contributed by atoms with Crippen LogP contribution in [0.5, 0.6) is 5.75 Å². The summed E-state index contributed by atoms with van der Waals surface area (Å²) in [5.41, 5.74) is 10.7. The Kier molecular flexibility index (Phi) is 5.39. The molecule has 0 atom stereocenters. The minimum Gasteiger partial charge on any atom is -0.497 e. The average Bonchev–Trinajstić information content (AvgIpc) is 3.09. The maximum atomic E-state index is 13.3. The van der Waals surface area contributed by atoms with Crippen molar-refractivity contribution in [1.29, 1.82) is 0 Å². The van der Waals surface area contributed by atoms with E-state index in [1.807, 2.05) is 53.1 Å². The van der Waals surface area contributed by atoms with Crippen LogP contribution in [0.15, 0.2) is 48.5 Å². The zero-order valence-electron chi connectivity index (χ0n) is 18.2. The van der Waals surface area contributed by atoms with Gasteiger partial charge in [0.15, 0.2) is 5.65 Å². The zero-order valence-corrected chi connectivity index (χ0v) is 18.2. The van der Waals surface area contributed by atoms with E-state index in [9.17, 15) is 4.79 Å². The number of aromatic nitrogens is 3. The van der Waals surface area contributed by atoms with Crippen LogP contribution in [0.2, 0.25) is 0 Å². The van der Waals surface area contributed by atoms with E-state index in [-0.39, 0.29) is 11.9 Å². The smallest absolute Gasteiger partial charge is 0.257 e. The van der Waals surface area contributed by atoms with Crippen molar-refractivity contribution < 1.29 is 9.53 Å². The molecule has 0 bridgehead atoms. The van der Waals surface area contributed by atoms with Crippen molar-refractivity contribution in [3.8, 4) is 5.75 Å². The van der Waals surface area contributed by atoms with Gasteiger partial charge in [-0.2, -0.15) is 0 Å². The third-order valence-corrected chi connectivity index (χ3v) is 6.26. The van der Waals surface area contributed by atoms with Crippen molar-refractivity contribution in [3.63, 3.8) is 0 Å². The first-order valence-electron chi connectivity index (χ1n) is 11.1. The predicted molar refractivity (Wildman–Crippen MR) is 126 cm³/mol. The van der Waals surface area contributed by atoms with Gasteiger partial charge in [-0.3, -0.25) is 4.79 Å². The van der Waals surface area contributed by atoms with E-state index in [2.05, 4.69) is 5.32 Å². The first-order valence-corrected chi connectivity index (χ1v) is 11.1. The van der Waals surface area contributed by atoms with Crippen molar-refractivity contribution in [2.45, 2.75) is 44.7 Å². The monoisotopic (exact) mass is 429 g/mol. The summed E-state index contributed by atoms with van der Waals surface area (Å²) >= 11 is 0. The molecule has 2 aromatic carbocycles. The van der Waals surface area contributed by atoms with Gasteiger partial charge in [0.05, 0.1) is 24.7 Å². The maximum Gasteiger partial charge on any atom is 0.257 e. The molecule has 0 radical (unpaired) electrons. The first-order chi connectivity index (χ1) is 15.6. The highest BCUT2D eigenvalue weighted by molar-refractivity contribution is 6.10. The number of nitrogens with zero attached hydrogens (tertiary/aromatic N) is 3. The van der Waals surface area contributed by atoms with Gasteiger partial charge in [-0.05, 0) is 42.7 Å². The topological polar surface area (TPSA) is 95.1 Å². The fourth-order valence-corrected chi connectivity index (χ4v) is 4.52. The summed E-state index contributed by atoms with van der Waals surface area (Å²) < 4.78 is 7.14. The van der Waals surface area contributed by atoms with Crippen molar-refractivity contribution in [2.75, 3.05) is 12.8 Å². The van der Waals surface area contributed by atoms with E-state index in [0.29, 0.717) is 29.1 Å². The molecule has 1 fully saturated rings. The predicted octanol–water partition coefficient (Wildman–Crippen LogP) is 4.29. The van der Waals surface area contributed by atoms with Gasteiger partial charge in [-0.1, -0.05) is 43.5 Å². The molecule has 1 amide bonds. The number of amides is 1. The number of fused-ring (bicyclic) bond motifs is 2. The minimum absolute atomic E-state index is 0.169. The van der Waals surface area contributed by atoms with Crippen LogP contribution >= 0.6 is 0 Å². The summed E-state index contributed by atoms with van der Waals surface area (Å²) in [4.78, 5) is 23.0. The highest BCUT2D eigenvalue weighted by Gasteiger charge is 2.26. The summed E-state index contributed by atoms with van der Waals surface area (Å²) in [6.45, 7) is 0.482. The number of carbonyl (C=O) groups is 1. The van der Waals surface area contributed by atoms with Crippen LogP contribution in [0.3, 0.4) is 0 Å². The molecule has 1 saturated carbocycles. The zero-order chi connectivity index (χ0) is 22.1. The molecule has 1 aliphatic carbocycles. The van der Waals surface area contributed by atoms with Gasteiger partial charge in [-0.25, -0.2) is 9.97 Å². The number of hydrogen-bond acceptors (Lipinski definition) is 5. The molecular weight excluding hydrogens is 402 g/mol. The number of nitrogens with two attached hydrogens (primary N) is 1. The van der Waals surface area contributed by atoms with Gasteiger partial charge < -0.3 is 20.4 Å². The van der Waals surface area contributed by atoms with Crippen LogP contribution < -0.4 is 15.8 Å². The number of carbonyl (C=O) groups excluding carboxylic acids is 1. The standard InChI is InChI=1S/C25H27N5O2/c1-32-18-13-11-16(12-14-18)15-30-23(26)21(25(31)27-17-7-3-2-4-8-17)22-24(30)29-20-10-6-5-9-19(20)28-22/h5-6,9-14,17H,2-4,7-8,15,26H2,1H3,(H,27,31). The Bertz CT molecular complexity index is 1270. The van der Waals surface area contributed by atoms with E-state index in [1.54, 1.807) is 7.11 Å². The fraction of sp³-hybridized carbons (Fsp3) is 0.320. The molecule has 4 aromatic rings. The molecule has 0 saturated heterocycles. The normalized spacial score (nSPS) is 14.7. The van der Waals surface area contributed by atoms with E-state index < -0.39 is 0 Å². The highest BCUT2D eigenvalue weighted by Crippen LogP contribution is 2.29. The Morgan fingerprint density at radius 1 is 1.06 bits per heavy atom. The first kappa shape index (κ1) is 20.3. The van der Waals surface area contributed by atoms with E-state index in [0.717, 1.165) is 48.0 Å². The lowest BCUT2D eigenvalue weighted by molar-refractivity contribution is 0.0930. The lowest BCUT2D eigenvalue weighted by Gasteiger charge is -2.22. The van der Waals surface area contributed by atoms with Crippen LogP contribution in [0.1, 0.15) is 48.0 Å². The third-order valence-electron chi connectivity index (χ3n) is 6.26. The molecule has 0 spiro atoms. The molecule has 2 aromatic heterocycles. The molecular formula is C25H27N5O2. The summed E-state index contributed by atoms with van der Waals surface area (Å²) in [5.74, 6) is 1.01. The van der Waals surface area contributed by atoms with Gasteiger partial charge in [0.25, 0.3) is 5.91 Å².